The number of aromatic nitrogens is 4. The van der Waals surface area contributed by atoms with Crippen molar-refractivity contribution in [1.29, 1.82) is 0 Å². The number of aliphatic imine (C=N–C) groups is 1. The zero-order valence-electron chi connectivity index (χ0n) is 17.0. The van der Waals surface area contributed by atoms with Crippen LogP contribution in [0.25, 0.3) is 0 Å². The molecule has 3 heterocycles. The van der Waals surface area contributed by atoms with E-state index in [1.54, 1.807) is 0 Å². The van der Waals surface area contributed by atoms with Gasteiger partial charge in [-0.15, -0.1) is 0 Å². The monoisotopic (exact) mass is 373 g/mol. The Bertz CT molecular complexity index is 744. The molecule has 0 aromatic carbocycles. The molecule has 8 nitrogen and oxygen atoms in total. The van der Waals surface area contributed by atoms with Gasteiger partial charge in [-0.1, -0.05) is 32.9 Å². The Balaban J connectivity index is 1.72. The van der Waals surface area contributed by atoms with Gasteiger partial charge in [-0.25, -0.2) is 9.98 Å². The van der Waals surface area contributed by atoms with E-state index in [1.165, 1.54) is 0 Å². The molecule has 2 unspecified atom stereocenters. The van der Waals surface area contributed by atoms with E-state index in [1.807, 2.05) is 18.7 Å². The van der Waals surface area contributed by atoms with Crippen molar-refractivity contribution >= 4 is 5.96 Å². The molecule has 8 heteroatoms. The molecule has 2 atom stereocenters. The third-order valence-corrected chi connectivity index (χ3v) is 4.94. The lowest BCUT2D eigenvalue weighted by atomic mass is 9.93. The first-order valence-electron chi connectivity index (χ1n) is 9.72. The van der Waals surface area contributed by atoms with Gasteiger partial charge in [-0.2, -0.15) is 4.98 Å². The first kappa shape index (κ1) is 19.4. The molecule has 148 valence electrons. The summed E-state index contributed by atoms with van der Waals surface area (Å²) in [5.41, 5.74) is -0.152. The van der Waals surface area contributed by atoms with Gasteiger partial charge in [0.25, 0.3) is 0 Å². The van der Waals surface area contributed by atoms with E-state index in [4.69, 9.17) is 9.52 Å². The minimum atomic E-state index is -0.152. The van der Waals surface area contributed by atoms with Gasteiger partial charge in [0.05, 0.1) is 12.4 Å². The Morgan fingerprint density at radius 2 is 2.22 bits per heavy atom. The summed E-state index contributed by atoms with van der Waals surface area (Å²) in [5, 5.41) is 7.48. The zero-order chi connectivity index (χ0) is 19.4. The van der Waals surface area contributed by atoms with Crippen molar-refractivity contribution < 1.29 is 4.52 Å². The third kappa shape index (κ3) is 4.67. The first-order valence-corrected chi connectivity index (χ1v) is 9.72. The molecule has 2 aromatic rings. The van der Waals surface area contributed by atoms with Gasteiger partial charge in [-0.3, -0.25) is 0 Å². The zero-order valence-corrected chi connectivity index (χ0v) is 17.0. The van der Waals surface area contributed by atoms with Gasteiger partial charge in [0.1, 0.15) is 6.54 Å². The number of nitrogens with one attached hydrogen (secondary N) is 1. The summed E-state index contributed by atoms with van der Waals surface area (Å²) in [4.78, 5) is 15.8. The highest BCUT2D eigenvalue weighted by molar-refractivity contribution is 5.80. The second kappa shape index (κ2) is 8.10. The van der Waals surface area contributed by atoms with Crippen LogP contribution in [0.2, 0.25) is 0 Å². The van der Waals surface area contributed by atoms with Crippen LogP contribution in [0.1, 0.15) is 58.8 Å². The molecule has 0 saturated carbocycles. The number of rotatable bonds is 4. The summed E-state index contributed by atoms with van der Waals surface area (Å²) < 4.78 is 7.58. The standard InChI is InChI=1S/C19H31N7O/c1-6-21-18(22-11-16-23-17(27-24-16)19(3,4)5)25-9-7-14(2)15(12-25)26-10-8-20-13-26/h8,10,13-15H,6-7,9,11-12H2,1-5H3,(H,21,22). The Labute approximate surface area is 161 Å². The lowest BCUT2D eigenvalue weighted by Gasteiger charge is -2.39. The highest BCUT2D eigenvalue weighted by atomic mass is 16.5. The molecule has 0 aliphatic carbocycles. The number of nitrogens with zero attached hydrogens (tertiary/aromatic N) is 6. The SMILES string of the molecule is CCNC(=NCc1noc(C(C)(C)C)n1)N1CCC(C)C(n2ccnc2)C1. The molecule has 0 radical (unpaired) electrons. The van der Waals surface area contributed by atoms with Crippen molar-refractivity contribution in [2.24, 2.45) is 10.9 Å². The lowest BCUT2D eigenvalue weighted by molar-refractivity contribution is 0.189. The van der Waals surface area contributed by atoms with E-state index in [9.17, 15) is 0 Å². The topological polar surface area (TPSA) is 84.4 Å². The van der Waals surface area contributed by atoms with Crippen LogP contribution in [0.5, 0.6) is 0 Å². The maximum absolute atomic E-state index is 5.37. The van der Waals surface area contributed by atoms with Crippen LogP contribution in [0.3, 0.4) is 0 Å². The van der Waals surface area contributed by atoms with Crippen LogP contribution in [0.4, 0.5) is 0 Å². The van der Waals surface area contributed by atoms with E-state index in [2.05, 4.69) is 64.5 Å². The molecule has 0 amide bonds. The largest absolute Gasteiger partial charge is 0.357 e. The predicted octanol–water partition coefficient (Wildman–Crippen LogP) is 2.61. The summed E-state index contributed by atoms with van der Waals surface area (Å²) in [6.07, 6.45) is 6.90. The maximum Gasteiger partial charge on any atom is 0.232 e. The number of hydrogen-bond acceptors (Lipinski definition) is 5. The second-order valence-corrected chi connectivity index (χ2v) is 8.23. The molecule has 3 rings (SSSR count). The van der Waals surface area contributed by atoms with Gasteiger partial charge < -0.3 is 19.3 Å². The summed E-state index contributed by atoms with van der Waals surface area (Å²) in [6.45, 7) is 13.7. The molecule has 1 aliphatic heterocycles. The average molecular weight is 374 g/mol. The molecule has 1 aliphatic rings. The highest BCUT2D eigenvalue weighted by Gasteiger charge is 2.29. The van der Waals surface area contributed by atoms with Gasteiger partial charge in [0.2, 0.25) is 5.89 Å². The minimum absolute atomic E-state index is 0.152. The molecule has 1 saturated heterocycles. The molecule has 27 heavy (non-hydrogen) atoms. The number of piperidine rings is 1. The van der Waals surface area contributed by atoms with E-state index >= 15 is 0 Å². The van der Waals surface area contributed by atoms with Crippen LogP contribution in [0.15, 0.2) is 28.2 Å². The molecule has 1 fully saturated rings. The quantitative estimate of drug-likeness (QED) is 0.655. The average Bonchev–Trinajstić information content (AvgIpc) is 3.30. The summed E-state index contributed by atoms with van der Waals surface area (Å²) in [5.74, 6) is 2.76. The van der Waals surface area contributed by atoms with Crippen molar-refractivity contribution in [3.05, 3.63) is 30.4 Å². The van der Waals surface area contributed by atoms with E-state index < -0.39 is 0 Å². The van der Waals surface area contributed by atoms with Crippen LogP contribution in [-0.4, -0.2) is 50.2 Å². The van der Waals surface area contributed by atoms with Crippen LogP contribution in [-0.2, 0) is 12.0 Å². The minimum Gasteiger partial charge on any atom is -0.357 e. The van der Waals surface area contributed by atoms with Gasteiger partial charge >= 0.3 is 0 Å². The van der Waals surface area contributed by atoms with Crippen LogP contribution in [0, 0.1) is 5.92 Å². The third-order valence-electron chi connectivity index (χ3n) is 4.94. The molecular formula is C19H31N7O. The molecule has 0 spiro atoms. The van der Waals surface area contributed by atoms with Gasteiger partial charge in [-0.05, 0) is 19.3 Å². The Hall–Kier alpha value is -2.38. The predicted molar refractivity (Wildman–Crippen MR) is 104 cm³/mol. The maximum atomic E-state index is 5.37. The Kier molecular flexibility index (Phi) is 5.82. The normalized spacial score (nSPS) is 21.5. The number of hydrogen-bond donors (Lipinski definition) is 1. The lowest BCUT2D eigenvalue weighted by Crippen LogP contribution is -2.49. The molecule has 0 bridgehead atoms. The number of likely N-dealkylation sites (tertiary alicyclic amines) is 1. The fourth-order valence-electron chi connectivity index (χ4n) is 3.29. The Morgan fingerprint density at radius 1 is 1.41 bits per heavy atom. The summed E-state index contributed by atoms with van der Waals surface area (Å²) in [7, 11) is 0. The van der Waals surface area contributed by atoms with Crippen LogP contribution < -0.4 is 5.32 Å². The molecular weight excluding hydrogens is 342 g/mol. The fourth-order valence-corrected chi connectivity index (χ4v) is 3.29. The smallest absolute Gasteiger partial charge is 0.232 e. The van der Waals surface area contributed by atoms with E-state index in [0.717, 1.165) is 32.0 Å². The van der Waals surface area contributed by atoms with E-state index in [-0.39, 0.29) is 5.41 Å². The van der Waals surface area contributed by atoms with Gasteiger partial charge in [0.15, 0.2) is 11.8 Å². The highest BCUT2D eigenvalue weighted by Crippen LogP contribution is 2.27. The van der Waals surface area contributed by atoms with Gasteiger partial charge in [0, 0.05) is 37.4 Å². The molecule has 1 N–H and O–H groups in total. The van der Waals surface area contributed by atoms with Crippen molar-refractivity contribution in [3.8, 4) is 0 Å². The number of imidazole rings is 1. The Morgan fingerprint density at radius 3 is 2.85 bits per heavy atom. The van der Waals surface area contributed by atoms with E-state index in [0.29, 0.717) is 30.2 Å². The van der Waals surface area contributed by atoms with Crippen molar-refractivity contribution in [2.45, 2.75) is 59.0 Å². The first-order chi connectivity index (χ1) is 12.9. The number of guanidine groups is 1. The summed E-state index contributed by atoms with van der Waals surface area (Å²) in [6, 6.07) is 0.391. The van der Waals surface area contributed by atoms with Crippen molar-refractivity contribution in [1.82, 2.24) is 29.9 Å². The fraction of sp³-hybridized carbons (Fsp3) is 0.684. The van der Waals surface area contributed by atoms with Crippen molar-refractivity contribution in [3.63, 3.8) is 0 Å². The second-order valence-electron chi connectivity index (χ2n) is 8.23. The summed E-state index contributed by atoms with van der Waals surface area (Å²) >= 11 is 0. The van der Waals surface area contributed by atoms with Crippen LogP contribution >= 0.6 is 0 Å². The van der Waals surface area contributed by atoms with Crippen molar-refractivity contribution in [2.75, 3.05) is 19.6 Å². The molecule has 2 aromatic heterocycles.